The van der Waals surface area contributed by atoms with E-state index >= 15 is 0 Å². The van der Waals surface area contributed by atoms with E-state index in [2.05, 4.69) is 4.98 Å². The van der Waals surface area contributed by atoms with Crippen molar-refractivity contribution in [3.05, 3.63) is 58.7 Å². The van der Waals surface area contributed by atoms with Crippen molar-refractivity contribution in [2.75, 3.05) is 20.2 Å². The highest BCUT2D eigenvalue weighted by molar-refractivity contribution is 5.76. The number of aromatic nitrogens is 1. The highest BCUT2D eigenvalue weighted by atomic mass is 19.1. The number of aliphatic hydroxyl groups excluding tert-OH is 1. The topological polar surface area (TPSA) is 82.9 Å². The van der Waals surface area contributed by atoms with Gasteiger partial charge in [0, 0.05) is 37.0 Å². The molecule has 2 aromatic rings. The number of likely N-dealkylation sites (tertiary alicyclic amines) is 1. The van der Waals surface area contributed by atoms with Gasteiger partial charge in [0.2, 0.25) is 0 Å². The van der Waals surface area contributed by atoms with Crippen LogP contribution >= 0.6 is 0 Å². The van der Waals surface area contributed by atoms with Crippen LogP contribution in [0.4, 0.5) is 4.39 Å². The van der Waals surface area contributed by atoms with Gasteiger partial charge in [0.15, 0.2) is 0 Å². The number of piperidine rings is 1. The molecule has 2 heterocycles. The van der Waals surface area contributed by atoms with E-state index in [0.717, 1.165) is 22.6 Å². The zero-order valence-electron chi connectivity index (χ0n) is 17.0. The average Bonchev–Trinajstić information content (AvgIpc) is 2.67. The molecule has 29 heavy (non-hydrogen) atoms. The lowest BCUT2D eigenvalue weighted by atomic mass is 9.72. The fourth-order valence-corrected chi connectivity index (χ4v) is 4.21. The van der Waals surface area contributed by atoms with E-state index in [4.69, 9.17) is 4.74 Å². The van der Waals surface area contributed by atoms with E-state index < -0.39 is 23.3 Å². The van der Waals surface area contributed by atoms with E-state index in [1.807, 2.05) is 18.7 Å². The smallest absolute Gasteiger partial charge is 0.313 e. The van der Waals surface area contributed by atoms with Crippen molar-refractivity contribution in [2.24, 2.45) is 5.41 Å². The van der Waals surface area contributed by atoms with Crippen LogP contribution in [0.25, 0.3) is 0 Å². The molecule has 2 atom stereocenters. The normalized spacial score (nSPS) is 22.4. The van der Waals surface area contributed by atoms with E-state index in [0.29, 0.717) is 25.1 Å². The lowest BCUT2D eigenvalue weighted by Gasteiger charge is -2.43. The Morgan fingerprint density at radius 1 is 1.41 bits per heavy atom. The molecule has 1 aliphatic heterocycles. The Morgan fingerprint density at radius 3 is 2.83 bits per heavy atom. The lowest BCUT2D eigenvalue weighted by molar-refractivity contribution is -0.163. The van der Waals surface area contributed by atoms with E-state index in [-0.39, 0.29) is 13.0 Å². The van der Waals surface area contributed by atoms with Crippen molar-refractivity contribution in [3.63, 3.8) is 0 Å². The van der Waals surface area contributed by atoms with Crippen LogP contribution in [0.15, 0.2) is 30.5 Å². The van der Waals surface area contributed by atoms with Crippen molar-refractivity contribution in [2.45, 2.75) is 39.3 Å². The minimum Gasteiger partial charge on any atom is -0.496 e. The molecular formula is C22H27FN2O4. The zero-order chi connectivity index (χ0) is 21.2. The summed E-state index contributed by atoms with van der Waals surface area (Å²) in [4.78, 5) is 18.8. The maximum absolute atomic E-state index is 13.6. The predicted molar refractivity (Wildman–Crippen MR) is 106 cm³/mol. The van der Waals surface area contributed by atoms with Gasteiger partial charge in [0.05, 0.1) is 18.9 Å². The van der Waals surface area contributed by atoms with Crippen LogP contribution in [0.2, 0.25) is 0 Å². The molecule has 0 radical (unpaired) electrons. The van der Waals surface area contributed by atoms with Gasteiger partial charge in [-0.25, -0.2) is 4.39 Å². The molecule has 156 valence electrons. The Bertz CT molecular complexity index is 904. The zero-order valence-corrected chi connectivity index (χ0v) is 17.0. The summed E-state index contributed by atoms with van der Waals surface area (Å²) in [7, 11) is 1.62. The molecule has 0 spiro atoms. The van der Waals surface area contributed by atoms with Gasteiger partial charge in [0.1, 0.15) is 17.0 Å². The van der Waals surface area contributed by atoms with Gasteiger partial charge in [-0.05, 0) is 44.4 Å². The molecule has 2 N–H and O–H groups in total. The number of nitrogens with zero attached hydrogens (tertiary/aromatic N) is 2. The highest BCUT2D eigenvalue weighted by Crippen LogP contribution is 2.36. The Balaban J connectivity index is 1.87. The number of aryl methyl sites for hydroxylation is 1. The fourth-order valence-electron chi connectivity index (χ4n) is 4.21. The van der Waals surface area contributed by atoms with Gasteiger partial charge in [0.25, 0.3) is 0 Å². The number of halogens is 1. The molecule has 1 aromatic heterocycles. The number of hydrogen-bond acceptors (Lipinski definition) is 5. The van der Waals surface area contributed by atoms with Gasteiger partial charge in [-0.1, -0.05) is 12.1 Å². The van der Waals surface area contributed by atoms with E-state index in [1.54, 1.807) is 25.4 Å². The largest absolute Gasteiger partial charge is 0.496 e. The number of ether oxygens (including phenoxy) is 1. The first-order valence-corrected chi connectivity index (χ1v) is 9.64. The molecular weight excluding hydrogens is 375 g/mol. The Hall–Kier alpha value is -2.51. The fraction of sp³-hybridized carbons (Fsp3) is 0.455. The molecule has 3 rings (SSSR count). The number of aliphatic carboxylic acids is 1. The molecule has 1 saturated heterocycles. The highest BCUT2D eigenvalue weighted by Gasteiger charge is 2.49. The summed E-state index contributed by atoms with van der Waals surface area (Å²) in [6.07, 6.45) is 1.11. The second kappa shape index (κ2) is 8.47. The molecule has 1 aliphatic rings. The standard InChI is InChI=1S/C22H27FN2O4/c1-14-11-24-18(15(2)20(14)29-3)12-25-8-7-19(26)22(13-25,21(27)28)10-16-5-4-6-17(23)9-16/h4-6,9,11,19,26H,7-8,10,12-13H2,1-3H3,(H,27,28)/t19-,22+/m0/s1. The van der Waals surface area contributed by atoms with Gasteiger partial charge in [-0.3, -0.25) is 14.7 Å². The first-order valence-electron chi connectivity index (χ1n) is 9.64. The number of pyridine rings is 1. The molecule has 0 aliphatic carbocycles. The molecule has 0 bridgehead atoms. The van der Waals surface area contributed by atoms with Crippen molar-refractivity contribution >= 4 is 5.97 Å². The van der Waals surface area contributed by atoms with Gasteiger partial charge in [-0.15, -0.1) is 0 Å². The third-order valence-electron chi connectivity index (χ3n) is 5.82. The van der Waals surface area contributed by atoms with E-state index in [1.165, 1.54) is 12.1 Å². The Morgan fingerprint density at radius 2 is 2.17 bits per heavy atom. The van der Waals surface area contributed by atoms with Crippen LogP contribution in [-0.2, 0) is 17.8 Å². The second-order valence-corrected chi connectivity index (χ2v) is 7.83. The summed E-state index contributed by atoms with van der Waals surface area (Å²) in [5.74, 6) is -0.724. The molecule has 0 unspecified atom stereocenters. The molecule has 7 heteroatoms. The van der Waals surface area contributed by atoms with Gasteiger partial charge < -0.3 is 14.9 Å². The van der Waals surface area contributed by atoms with Crippen molar-refractivity contribution < 1.29 is 24.1 Å². The Labute approximate surface area is 170 Å². The van der Waals surface area contributed by atoms with Crippen LogP contribution in [-0.4, -0.2) is 52.4 Å². The first-order chi connectivity index (χ1) is 13.8. The molecule has 0 amide bonds. The van der Waals surface area contributed by atoms with Gasteiger partial charge in [-0.2, -0.15) is 0 Å². The number of aliphatic hydroxyl groups is 1. The maximum Gasteiger partial charge on any atom is 0.313 e. The van der Waals surface area contributed by atoms with Gasteiger partial charge >= 0.3 is 5.97 Å². The minimum absolute atomic E-state index is 0.0569. The SMILES string of the molecule is COc1c(C)cnc(CN2CC[C@H](O)[C@](Cc3cccc(F)c3)(C(=O)O)C2)c1C. The number of rotatable bonds is 6. The number of benzene rings is 1. The average molecular weight is 402 g/mol. The monoisotopic (exact) mass is 402 g/mol. The minimum atomic E-state index is -1.41. The molecule has 1 fully saturated rings. The summed E-state index contributed by atoms with van der Waals surface area (Å²) < 4.78 is 19.1. The van der Waals surface area contributed by atoms with Crippen LogP contribution in [0, 0.1) is 25.1 Å². The second-order valence-electron chi connectivity index (χ2n) is 7.83. The number of carboxylic acid groups (broad SMARTS) is 1. The summed E-state index contributed by atoms with van der Waals surface area (Å²) in [5.41, 5.74) is 1.82. The summed E-state index contributed by atoms with van der Waals surface area (Å²) in [5, 5.41) is 20.7. The Kier molecular flexibility index (Phi) is 6.19. The van der Waals surface area contributed by atoms with Crippen LogP contribution in [0.1, 0.15) is 28.8 Å². The molecule has 0 saturated carbocycles. The summed E-state index contributed by atoms with van der Waals surface area (Å²) >= 11 is 0. The quantitative estimate of drug-likeness (QED) is 0.773. The number of hydrogen-bond donors (Lipinski definition) is 2. The maximum atomic E-state index is 13.6. The van der Waals surface area contributed by atoms with Crippen molar-refractivity contribution in [1.82, 2.24) is 9.88 Å². The number of carboxylic acids is 1. The predicted octanol–water partition coefficient (Wildman–Crippen LogP) is 2.73. The number of methoxy groups -OCH3 is 1. The third-order valence-corrected chi connectivity index (χ3v) is 5.82. The van der Waals surface area contributed by atoms with Crippen LogP contribution in [0.3, 0.4) is 0 Å². The number of carbonyl (C=O) groups is 1. The van der Waals surface area contributed by atoms with Crippen LogP contribution < -0.4 is 4.74 Å². The summed E-state index contributed by atoms with van der Waals surface area (Å²) in [6.45, 7) is 5.01. The van der Waals surface area contributed by atoms with E-state index in [9.17, 15) is 19.4 Å². The van der Waals surface area contributed by atoms with Crippen molar-refractivity contribution in [1.29, 1.82) is 0 Å². The molecule has 1 aromatic carbocycles. The first kappa shape index (κ1) is 21.2. The van der Waals surface area contributed by atoms with Crippen LogP contribution in [0.5, 0.6) is 5.75 Å². The lowest BCUT2D eigenvalue weighted by Crippen LogP contribution is -2.57. The molecule has 6 nitrogen and oxygen atoms in total. The third kappa shape index (κ3) is 4.26. The summed E-state index contributed by atoms with van der Waals surface area (Å²) in [6, 6.07) is 5.89. The van der Waals surface area contributed by atoms with Crippen molar-refractivity contribution in [3.8, 4) is 5.75 Å².